The number of rotatable bonds is 8. The number of hydrogen-bond acceptors (Lipinski definition) is 1. The SMILES string of the molecule is c1ccc(-c2ccccc2-c2c(-c3ccccc3)cccc2N(c2ccc(-c3ccc4c(ccc5ccccc54)c3)cc2)c2cccc(-n3c4ccccc4c4ccccc43)c2)cc1. The molecule has 0 unspecified atom stereocenters. The summed E-state index contributed by atoms with van der Waals surface area (Å²) in [6, 6.07) is 92.8. The maximum atomic E-state index is 2.46. The molecule has 12 aromatic rings. The molecule has 0 amide bonds. The largest absolute Gasteiger partial charge is 0.310 e. The second-order valence-electron chi connectivity index (χ2n) is 16.5. The minimum absolute atomic E-state index is 1.06. The summed E-state index contributed by atoms with van der Waals surface area (Å²) in [5.74, 6) is 0. The lowest BCUT2D eigenvalue weighted by atomic mass is 9.87. The predicted molar refractivity (Wildman–Crippen MR) is 272 cm³/mol. The normalized spacial score (nSPS) is 11.4. The molecule has 0 fully saturated rings. The lowest BCUT2D eigenvalue weighted by Crippen LogP contribution is -2.12. The van der Waals surface area contributed by atoms with Crippen LogP contribution in [-0.4, -0.2) is 4.57 Å². The summed E-state index contributed by atoms with van der Waals surface area (Å²) in [4.78, 5) is 2.46. The molecule has 0 bridgehead atoms. The molecule has 0 radical (unpaired) electrons. The Morgan fingerprint density at radius 1 is 0.281 bits per heavy atom. The molecule has 300 valence electrons. The van der Waals surface area contributed by atoms with E-state index >= 15 is 0 Å². The van der Waals surface area contributed by atoms with Gasteiger partial charge < -0.3 is 9.47 Å². The van der Waals surface area contributed by atoms with Gasteiger partial charge in [0.25, 0.3) is 0 Å². The molecule has 0 aliphatic heterocycles. The summed E-state index contributed by atoms with van der Waals surface area (Å²) < 4.78 is 2.41. The van der Waals surface area contributed by atoms with Crippen molar-refractivity contribution < 1.29 is 0 Å². The van der Waals surface area contributed by atoms with Crippen LogP contribution in [0.3, 0.4) is 0 Å². The number of benzene rings is 11. The van der Waals surface area contributed by atoms with Crippen LogP contribution in [-0.2, 0) is 0 Å². The molecule has 0 N–H and O–H groups in total. The van der Waals surface area contributed by atoms with Gasteiger partial charge >= 0.3 is 0 Å². The quantitative estimate of drug-likeness (QED) is 0.139. The molecule has 0 aliphatic rings. The smallest absolute Gasteiger partial charge is 0.0546 e. The molecule has 2 heteroatoms. The summed E-state index contributed by atoms with van der Waals surface area (Å²) in [6.07, 6.45) is 0. The first-order valence-electron chi connectivity index (χ1n) is 22.0. The standard InChI is InChI=1S/C62H42N2/c1-3-17-44(18-4-1)53-25-9-10-28-58(53)62-55(45-19-5-2-6-20-45)29-16-32-61(62)63(50-22-15-23-51(42-50)64-59-30-13-11-26-56(59)57-27-12-14-31-60(57)64)49-38-35-43(36-39-49)47-37-40-54-48(41-47)34-33-46-21-7-8-24-52(46)54/h1-42H. The Balaban J connectivity index is 1.08. The fraction of sp³-hybridized carbons (Fsp3) is 0. The first-order chi connectivity index (χ1) is 31.8. The average Bonchev–Trinajstić information content (AvgIpc) is 3.71. The molecule has 0 spiro atoms. The molecule has 12 rings (SSSR count). The van der Waals surface area contributed by atoms with E-state index in [4.69, 9.17) is 0 Å². The Hall–Kier alpha value is -8.46. The van der Waals surface area contributed by atoms with Crippen molar-refractivity contribution in [2.45, 2.75) is 0 Å². The Morgan fingerprint density at radius 3 is 1.56 bits per heavy atom. The van der Waals surface area contributed by atoms with Crippen molar-refractivity contribution in [1.29, 1.82) is 0 Å². The van der Waals surface area contributed by atoms with Crippen LogP contribution in [0.4, 0.5) is 17.1 Å². The van der Waals surface area contributed by atoms with Crippen LogP contribution in [0.5, 0.6) is 0 Å². The van der Waals surface area contributed by atoms with E-state index < -0.39 is 0 Å². The number of anilines is 3. The highest BCUT2D eigenvalue weighted by atomic mass is 15.1. The van der Waals surface area contributed by atoms with Crippen LogP contribution in [0, 0.1) is 0 Å². The molecule has 1 aromatic heterocycles. The predicted octanol–water partition coefficient (Wildman–Crippen LogP) is 17.2. The average molecular weight is 815 g/mol. The molecule has 0 saturated heterocycles. The van der Waals surface area contributed by atoms with Crippen LogP contribution in [0.15, 0.2) is 255 Å². The van der Waals surface area contributed by atoms with Gasteiger partial charge in [0.2, 0.25) is 0 Å². The molecular formula is C62H42N2. The Kier molecular flexibility index (Phi) is 9.20. The molecule has 2 nitrogen and oxygen atoms in total. The second kappa shape index (κ2) is 15.8. The van der Waals surface area contributed by atoms with Crippen molar-refractivity contribution in [3.63, 3.8) is 0 Å². The number of nitrogens with zero attached hydrogens (tertiary/aromatic N) is 2. The zero-order valence-corrected chi connectivity index (χ0v) is 35.1. The topological polar surface area (TPSA) is 8.17 Å². The summed E-state index contributed by atoms with van der Waals surface area (Å²) in [6.45, 7) is 0. The number of para-hydroxylation sites is 2. The Bertz CT molecular complexity index is 3610. The molecular weight excluding hydrogens is 773 g/mol. The maximum absolute atomic E-state index is 2.46. The number of hydrogen-bond donors (Lipinski definition) is 0. The van der Waals surface area contributed by atoms with E-state index in [1.807, 2.05) is 0 Å². The fourth-order valence-corrected chi connectivity index (χ4v) is 9.83. The van der Waals surface area contributed by atoms with Crippen LogP contribution in [0.25, 0.3) is 93.5 Å². The van der Waals surface area contributed by atoms with Gasteiger partial charge in [-0.3, -0.25) is 0 Å². The zero-order chi connectivity index (χ0) is 42.4. The Morgan fingerprint density at radius 2 is 0.828 bits per heavy atom. The van der Waals surface area contributed by atoms with Gasteiger partial charge in [0.1, 0.15) is 0 Å². The minimum atomic E-state index is 1.06. The summed E-state index contributed by atoms with van der Waals surface area (Å²) in [5.41, 5.74) is 16.1. The van der Waals surface area contributed by atoms with Gasteiger partial charge in [0, 0.05) is 33.4 Å². The Labute approximate surface area is 373 Å². The van der Waals surface area contributed by atoms with Crippen molar-refractivity contribution in [2.24, 2.45) is 0 Å². The van der Waals surface area contributed by atoms with Gasteiger partial charge in [0.15, 0.2) is 0 Å². The monoisotopic (exact) mass is 814 g/mol. The highest BCUT2D eigenvalue weighted by Crippen LogP contribution is 2.48. The fourth-order valence-electron chi connectivity index (χ4n) is 9.83. The van der Waals surface area contributed by atoms with Gasteiger partial charge in [-0.05, 0) is 115 Å². The highest BCUT2D eigenvalue weighted by molar-refractivity contribution is 6.10. The lowest BCUT2D eigenvalue weighted by Gasteiger charge is -2.30. The zero-order valence-electron chi connectivity index (χ0n) is 35.1. The van der Waals surface area contributed by atoms with E-state index in [1.54, 1.807) is 0 Å². The van der Waals surface area contributed by atoms with E-state index in [1.165, 1.54) is 87.9 Å². The minimum Gasteiger partial charge on any atom is -0.310 e. The first-order valence-corrected chi connectivity index (χ1v) is 22.0. The number of aromatic nitrogens is 1. The molecule has 0 saturated carbocycles. The third-order valence-corrected chi connectivity index (χ3v) is 12.8. The first kappa shape index (κ1) is 37.3. The van der Waals surface area contributed by atoms with E-state index in [9.17, 15) is 0 Å². The van der Waals surface area contributed by atoms with Crippen molar-refractivity contribution in [2.75, 3.05) is 4.90 Å². The molecule has 64 heavy (non-hydrogen) atoms. The van der Waals surface area contributed by atoms with Crippen LogP contribution >= 0.6 is 0 Å². The van der Waals surface area contributed by atoms with Crippen molar-refractivity contribution in [3.05, 3.63) is 255 Å². The van der Waals surface area contributed by atoms with Gasteiger partial charge in [-0.25, -0.2) is 0 Å². The third-order valence-electron chi connectivity index (χ3n) is 12.8. The van der Waals surface area contributed by atoms with E-state index in [0.29, 0.717) is 0 Å². The van der Waals surface area contributed by atoms with Crippen molar-refractivity contribution in [3.8, 4) is 50.2 Å². The van der Waals surface area contributed by atoms with Crippen LogP contribution in [0.2, 0.25) is 0 Å². The molecule has 11 aromatic carbocycles. The van der Waals surface area contributed by atoms with E-state index in [0.717, 1.165) is 22.7 Å². The van der Waals surface area contributed by atoms with Gasteiger partial charge in [-0.1, -0.05) is 200 Å². The summed E-state index contributed by atoms with van der Waals surface area (Å²) in [7, 11) is 0. The summed E-state index contributed by atoms with van der Waals surface area (Å²) in [5, 5.41) is 7.54. The lowest BCUT2D eigenvalue weighted by molar-refractivity contribution is 1.17. The van der Waals surface area contributed by atoms with Gasteiger partial charge in [0.05, 0.1) is 16.7 Å². The molecule has 0 atom stereocenters. The van der Waals surface area contributed by atoms with Gasteiger partial charge in [-0.2, -0.15) is 0 Å². The van der Waals surface area contributed by atoms with E-state index in [2.05, 4.69) is 264 Å². The number of fused-ring (bicyclic) bond motifs is 6. The third kappa shape index (κ3) is 6.44. The second-order valence-corrected chi connectivity index (χ2v) is 16.5. The highest BCUT2D eigenvalue weighted by Gasteiger charge is 2.24. The van der Waals surface area contributed by atoms with Gasteiger partial charge in [-0.15, -0.1) is 0 Å². The van der Waals surface area contributed by atoms with E-state index in [-0.39, 0.29) is 0 Å². The van der Waals surface area contributed by atoms with Crippen molar-refractivity contribution >= 4 is 60.4 Å². The van der Waals surface area contributed by atoms with Crippen LogP contribution < -0.4 is 4.90 Å². The maximum Gasteiger partial charge on any atom is 0.0546 e. The van der Waals surface area contributed by atoms with Crippen molar-refractivity contribution in [1.82, 2.24) is 4.57 Å². The molecule has 1 heterocycles. The van der Waals surface area contributed by atoms with Crippen LogP contribution in [0.1, 0.15) is 0 Å². The molecule has 0 aliphatic carbocycles. The summed E-state index contributed by atoms with van der Waals surface area (Å²) >= 11 is 0.